The molecule has 7 heteroatoms. The second-order valence-electron chi connectivity index (χ2n) is 9.50. The van der Waals surface area contributed by atoms with Gasteiger partial charge in [0.25, 0.3) is 0 Å². The number of nitrogens with one attached hydrogen (secondary N) is 1. The normalized spacial score (nSPS) is 24.5. The molecule has 1 N–H and O–H groups in total. The summed E-state index contributed by atoms with van der Waals surface area (Å²) in [6.07, 6.45) is 3.97. The molecule has 1 amide bonds. The number of rotatable bonds is 5. The summed E-state index contributed by atoms with van der Waals surface area (Å²) in [5.41, 5.74) is -0.477. The first kappa shape index (κ1) is 21.7. The molecule has 2 rings (SSSR count). The molecule has 1 unspecified atom stereocenters. The maximum atomic E-state index is 12.7. The molecule has 2 atom stereocenters. The number of hydroxylamine groups is 2. The molecule has 0 bridgehead atoms. The number of likely N-dealkylation sites (tertiary alicyclic amines) is 1. The van der Waals surface area contributed by atoms with Crippen LogP contribution in [0.3, 0.4) is 0 Å². The highest BCUT2D eigenvalue weighted by Crippen LogP contribution is 2.30. The number of hydrogen-bond acceptors (Lipinski definition) is 6. The lowest BCUT2D eigenvalue weighted by Crippen LogP contribution is -2.44. The Kier molecular flexibility index (Phi) is 6.58. The number of amides is 1. The summed E-state index contributed by atoms with van der Waals surface area (Å²) in [6, 6.07) is -0.143. The maximum Gasteiger partial charge on any atom is 0.307 e. The van der Waals surface area contributed by atoms with Crippen LogP contribution in [0, 0.1) is 5.41 Å². The van der Waals surface area contributed by atoms with E-state index in [1.54, 1.807) is 5.06 Å². The summed E-state index contributed by atoms with van der Waals surface area (Å²) < 4.78 is 5.36. The zero-order chi connectivity index (χ0) is 20.4. The zero-order valence-corrected chi connectivity index (χ0v) is 17.8. The van der Waals surface area contributed by atoms with E-state index >= 15 is 0 Å². The fourth-order valence-corrected chi connectivity index (χ4v) is 3.57. The van der Waals surface area contributed by atoms with Crippen molar-refractivity contribution in [1.29, 1.82) is 0 Å². The zero-order valence-electron chi connectivity index (χ0n) is 17.8. The van der Waals surface area contributed by atoms with Gasteiger partial charge >= 0.3 is 5.97 Å². The Morgan fingerprint density at radius 1 is 1.26 bits per heavy atom. The average molecular weight is 382 g/mol. The van der Waals surface area contributed by atoms with Crippen molar-refractivity contribution in [2.24, 2.45) is 5.41 Å². The molecule has 2 heterocycles. The highest BCUT2D eigenvalue weighted by molar-refractivity contribution is 5.83. The molecule has 2 aliphatic rings. The van der Waals surface area contributed by atoms with E-state index in [2.05, 4.69) is 31.0 Å². The molecule has 7 nitrogen and oxygen atoms in total. The Morgan fingerprint density at radius 3 is 2.48 bits per heavy atom. The summed E-state index contributed by atoms with van der Waals surface area (Å²) >= 11 is 0. The van der Waals surface area contributed by atoms with Crippen molar-refractivity contribution in [2.45, 2.75) is 78.5 Å². The van der Waals surface area contributed by atoms with Crippen molar-refractivity contribution in [2.75, 3.05) is 20.1 Å². The summed E-state index contributed by atoms with van der Waals surface area (Å²) in [5, 5.41) is 4.68. The second-order valence-corrected chi connectivity index (χ2v) is 9.50. The third-order valence-electron chi connectivity index (χ3n) is 4.77. The molecule has 0 saturated carbocycles. The van der Waals surface area contributed by atoms with Gasteiger partial charge in [-0.25, -0.2) is 0 Å². The first-order valence-electron chi connectivity index (χ1n) is 9.76. The smallest absolute Gasteiger partial charge is 0.307 e. The van der Waals surface area contributed by atoms with Crippen LogP contribution >= 0.6 is 0 Å². The van der Waals surface area contributed by atoms with Gasteiger partial charge in [0.05, 0.1) is 18.5 Å². The van der Waals surface area contributed by atoms with Crippen molar-refractivity contribution in [3.8, 4) is 0 Å². The first-order chi connectivity index (χ1) is 12.4. The topological polar surface area (TPSA) is 71.1 Å². The summed E-state index contributed by atoms with van der Waals surface area (Å²) in [6.45, 7) is 13.3. The number of carbonyl (C=O) groups excluding carboxylic acids is 2. The minimum absolute atomic E-state index is 0.00797. The molecule has 0 aromatic heterocycles. The molecule has 27 heavy (non-hydrogen) atoms. The van der Waals surface area contributed by atoms with Gasteiger partial charge in [0, 0.05) is 13.6 Å². The second kappa shape index (κ2) is 8.19. The van der Waals surface area contributed by atoms with E-state index in [0.717, 1.165) is 19.4 Å². The van der Waals surface area contributed by atoms with Crippen LogP contribution in [-0.2, 0) is 19.2 Å². The van der Waals surface area contributed by atoms with Crippen LogP contribution in [0.2, 0.25) is 0 Å². The Morgan fingerprint density at radius 2 is 1.93 bits per heavy atom. The molecule has 0 aromatic rings. The fraction of sp³-hybridized carbons (Fsp3) is 0.800. The molecular formula is C20H35N3O4. The predicted molar refractivity (Wildman–Crippen MR) is 103 cm³/mol. The van der Waals surface area contributed by atoms with Crippen molar-refractivity contribution in [3.05, 3.63) is 12.0 Å². The third-order valence-corrected chi connectivity index (χ3v) is 4.77. The Balaban J connectivity index is 1.89. The van der Waals surface area contributed by atoms with Crippen LogP contribution in [0.25, 0.3) is 0 Å². The van der Waals surface area contributed by atoms with Crippen LogP contribution < -0.4 is 5.32 Å². The van der Waals surface area contributed by atoms with Crippen molar-refractivity contribution < 1.29 is 19.2 Å². The quantitative estimate of drug-likeness (QED) is 0.738. The largest absolute Gasteiger partial charge is 0.460 e. The summed E-state index contributed by atoms with van der Waals surface area (Å²) in [5.74, 6) is 0.178. The minimum atomic E-state index is -0.485. The summed E-state index contributed by atoms with van der Waals surface area (Å²) in [4.78, 5) is 32.4. The Labute approximate surface area is 163 Å². The standard InChI is InChI=1S/C20H35N3O4/c1-19(2,3)15-13-16(27-22(15)7)21-18(25)14-9-8-11-23(14)12-10-17(24)26-20(4,5)6/h13-15H,8-12H2,1-7H3,(H,21,25)/t14-,15?/m0/s1. The fourth-order valence-electron chi connectivity index (χ4n) is 3.57. The lowest BCUT2D eigenvalue weighted by Gasteiger charge is -2.29. The SMILES string of the molecule is CN1OC(NC(=O)[C@@H]2CCCN2CCC(=O)OC(C)(C)C)=CC1C(C)(C)C. The maximum absolute atomic E-state index is 12.7. The highest BCUT2D eigenvalue weighted by Gasteiger charge is 2.36. The van der Waals surface area contributed by atoms with Gasteiger partial charge in [-0.05, 0) is 51.6 Å². The number of ether oxygens (including phenoxy) is 1. The number of esters is 1. The predicted octanol–water partition coefficient (Wildman–Crippen LogP) is 2.43. The van der Waals surface area contributed by atoms with Gasteiger partial charge in [-0.3, -0.25) is 19.8 Å². The number of nitrogens with zero attached hydrogens (tertiary/aromatic N) is 2. The number of hydrogen-bond donors (Lipinski definition) is 1. The van der Waals surface area contributed by atoms with Crippen molar-refractivity contribution in [3.63, 3.8) is 0 Å². The van der Waals surface area contributed by atoms with Crippen LogP contribution in [0.1, 0.15) is 60.8 Å². The molecule has 0 radical (unpaired) electrons. The first-order valence-corrected chi connectivity index (χ1v) is 9.76. The molecule has 0 aromatic carbocycles. The molecule has 2 aliphatic heterocycles. The molecule has 154 valence electrons. The summed E-state index contributed by atoms with van der Waals surface area (Å²) in [7, 11) is 1.87. The van der Waals surface area contributed by atoms with E-state index in [0.29, 0.717) is 12.4 Å². The highest BCUT2D eigenvalue weighted by atomic mass is 16.7. The van der Waals surface area contributed by atoms with Crippen molar-refractivity contribution >= 4 is 11.9 Å². The van der Waals surface area contributed by atoms with Crippen molar-refractivity contribution in [1.82, 2.24) is 15.3 Å². The lowest BCUT2D eigenvalue weighted by molar-refractivity contribution is -0.155. The van der Waals surface area contributed by atoms with Gasteiger partial charge in [-0.15, -0.1) is 5.06 Å². The van der Waals surface area contributed by atoms with E-state index in [1.165, 1.54) is 0 Å². The molecule has 1 fully saturated rings. The van der Waals surface area contributed by atoms with E-state index in [-0.39, 0.29) is 35.8 Å². The molecule has 0 aliphatic carbocycles. The van der Waals surface area contributed by atoms with Gasteiger partial charge in [-0.2, -0.15) is 0 Å². The minimum Gasteiger partial charge on any atom is -0.460 e. The number of likely N-dealkylation sites (N-methyl/N-ethyl adjacent to an activating group) is 1. The van der Waals surface area contributed by atoms with E-state index in [4.69, 9.17) is 9.57 Å². The molecule has 0 spiro atoms. The van der Waals surface area contributed by atoms with Gasteiger partial charge < -0.3 is 9.57 Å². The van der Waals surface area contributed by atoms with E-state index in [9.17, 15) is 9.59 Å². The van der Waals surface area contributed by atoms with E-state index in [1.807, 2.05) is 33.9 Å². The van der Waals surface area contributed by atoms with Gasteiger partial charge in [-0.1, -0.05) is 20.8 Å². The van der Waals surface area contributed by atoms with Gasteiger partial charge in [0.15, 0.2) is 0 Å². The Hall–Kier alpha value is -1.60. The van der Waals surface area contributed by atoms with Crippen LogP contribution in [0.4, 0.5) is 0 Å². The Bertz CT molecular complexity index is 589. The number of carbonyl (C=O) groups is 2. The van der Waals surface area contributed by atoms with Gasteiger partial charge in [0.2, 0.25) is 11.8 Å². The van der Waals surface area contributed by atoms with Crippen LogP contribution in [0.15, 0.2) is 12.0 Å². The monoisotopic (exact) mass is 381 g/mol. The van der Waals surface area contributed by atoms with E-state index < -0.39 is 5.60 Å². The lowest BCUT2D eigenvalue weighted by atomic mass is 9.87. The molecule has 1 saturated heterocycles. The average Bonchev–Trinajstić information content (AvgIpc) is 3.09. The van der Waals surface area contributed by atoms with Crippen LogP contribution in [0.5, 0.6) is 0 Å². The van der Waals surface area contributed by atoms with Gasteiger partial charge in [0.1, 0.15) is 5.60 Å². The molecular weight excluding hydrogens is 346 g/mol. The third kappa shape index (κ3) is 6.21. The van der Waals surface area contributed by atoms with Crippen LogP contribution in [-0.4, -0.2) is 59.7 Å².